The maximum absolute atomic E-state index is 13.9. The normalized spacial score (nSPS) is 19.9. The van der Waals surface area contributed by atoms with Gasteiger partial charge in [0.15, 0.2) is 5.82 Å². The van der Waals surface area contributed by atoms with Gasteiger partial charge < -0.3 is 15.6 Å². The fraction of sp³-hybridized carbons (Fsp3) is 0.471. The van der Waals surface area contributed by atoms with Crippen molar-refractivity contribution in [1.29, 1.82) is 5.41 Å². The maximum Gasteiger partial charge on any atom is 0.248 e. The fourth-order valence-corrected chi connectivity index (χ4v) is 3.51. The molecule has 1 heterocycles. The lowest BCUT2D eigenvalue weighted by molar-refractivity contribution is -0.0467. The minimum absolute atomic E-state index is 0.0192. The second kappa shape index (κ2) is 6.50. The van der Waals surface area contributed by atoms with Crippen molar-refractivity contribution < 1.29 is 18.4 Å². The summed E-state index contributed by atoms with van der Waals surface area (Å²) >= 11 is 0. The molecule has 8 heteroatoms. The maximum atomic E-state index is 13.9. The van der Waals surface area contributed by atoms with Gasteiger partial charge in [-0.1, -0.05) is 11.2 Å². The number of halogens is 3. The van der Waals surface area contributed by atoms with Crippen LogP contribution in [0.25, 0.3) is 11.0 Å². The number of nitrogens with zero attached hydrogens (tertiary/aromatic N) is 2. The van der Waals surface area contributed by atoms with Crippen molar-refractivity contribution in [3.63, 3.8) is 0 Å². The van der Waals surface area contributed by atoms with Crippen LogP contribution in [0.2, 0.25) is 0 Å². The van der Waals surface area contributed by atoms with E-state index in [2.05, 4.69) is 15.1 Å². The summed E-state index contributed by atoms with van der Waals surface area (Å²) in [6, 6.07) is 4.48. The molecule has 25 heavy (non-hydrogen) atoms. The topological polar surface area (TPSA) is 85.1 Å². The number of hydrogen-bond acceptors (Lipinski definition) is 4. The zero-order valence-corrected chi connectivity index (χ0v) is 13.7. The third-order valence-corrected chi connectivity index (χ3v) is 4.80. The minimum Gasteiger partial charge on any atom is -0.411 e. The van der Waals surface area contributed by atoms with Crippen molar-refractivity contribution >= 4 is 22.5 Å². The van der Waals surface area contributed by atoms with Crippen LogP contribution in [-0.2, 0) is 0 Å². The molecule has 0 bridgehead atoms. The second-order valence-corrected chi connectivity index (χ2v) is 6.54. The Morgan fingerprint density at radius 3 is 2.64 bits per heavy atom. The van der Waals surface area contributed by atoms with E-state index in [-0.39, 0.29) is 48.5 Å². The number of rotatable bonds is 4. The summed E-state index contributed by atoms with van der Waals surface area (Å²) < 4.78 is 41.0. The van der Waals surface area contributed by atoms with Gasteiger partial charge in [0.25, 0.3) is 0 Å². The van der Waals surface area contributed by atoms with Crippen molar-refractivity contribution in [3.8, 4) is 0 Å². The lowest BCUT2D eigenvalue weighted by Crippen LogP contribution is -2.33. The van der Waals surface area contributed by atoms with Crippen LogP contribution in [0, 0.1) is 17.1 Å². The average molecular weight is 352 g/mol. The largest absolute Gasteiger partial charge is 0.411 e. The van der Waals surface area contributed by atoms with Gasteiger partial charge in [0.05, 0.1) is 17.1 Å². The molecule has 3 N–H and O–H groups in total. The number of aromatic amines is 1. The molecule has 1 aliphatic rings. The number of alkyl halides is 2. The summed E-state index contributed by atoms with van der Waals surface area (Å²) in [4.78, 5) is 7.27. The van der Waals surface area contributed by atoms with Crippen LogP contribution in [0.1, 0.15) is 44.3 Å². The van der Waals surface area contributed by atoms with E-state index in [1.807, 2.05) is 0 Å². The van der Waals surface area contributed by atoms with E-state index in [9.17, 15) is 18.4 Å². The molecule has 1 unspecified atom stereocenters. The van der Waals surface area contributed by atoms with Gasteiger partial charge in [0.1, 0.15) is 17.1 Å². The van der Waals surface area contributed by atoms with Crippen LogP contribution < -0.4 is 0 Å². The van der Waals surface area contributed by atoms with Crippen LogP contribution in [0.15, 0.2) is 23.4 Å². The Bertz CT molecular complexity index is 820. The lowest BCUT2D eigenvalue weighted by Gasteiger charge is -2.33. The molecule has 0 saturated heterocycles. The Morgan fingerprint density at radius 2 is 2.08 bits per heavy atom. The first-order valence-electron chi connectivity index (χ1n) is 8.12. The quantitative estimate of drug-likeness (QED) is 0.430. The Hall–Kier alpha value is -2.38. The van der Waals surface area contributed by atoms with Crippen LogP contribution in [-0.4, -0.2) is 32.5 Å². The summed E-state index contributed by atoms with van der Waals surface area (Å²) in [6.45, 7) is 1.46. The van der Waals surface area contributed by atoms with Crippen molar-refractivity contribution in [2.45, 2.75) is 44.4 Å². The summed E-state index contributed by atoms with van der Waals surface area (Å²) in [5.74, 6) is -3.80. The van der Waals surface area contributed by atoms with E-state index in [0.29, 0.717) is 11.3 Å². The molecular formula is C17H19F3N4O. The van der Waals surface area contributed by atoms with Crippen molar-refractivity contribution in [3.05, 3.63) is 29.8 Å². The highest BCUT2D eigenvalue weighted by Crippen LogP contribution is 2.42. The molecular weight excluding hydrogens is 333 g/mol. The Morgan fingerprint density at radius 1 is 1.40 bits per heavy atom. The van der Waals surface area contributed by atoms with Crippen LogP contribution >= 0.6 is 0 Å². The van der Waals surface area contributed by atoms with Gasteiger partial charge in [0, 0.05) is 12.8 Å². The summed E-state index contributed by atoms with van der Waals surface area (Å²) in [5, 5.41) is 20.4. The molecule has 1 aliphatic carbocycles. The molecule has 3 rings (SSSR count). The van der Waals surface area contributed by atoms with Crippen LogP contribution in [0.5, 0.6) is 0 Å². The van der Waals surface area contributed by atoms with Gasteiger partial charge in [-0.25, -0.2) is 18.2 Å². The number of H-pyrrole nitrogens is 1. The fourth-order valence-electron chi connectivity index (χ4n) is 3.51. The van der Waals surface area contributed by atoms with Gasteiger partial charge in [-0.2, -0.15) is 0 Å². The zero-order valence-electron chi connectivity index (χ0n) is 13.7. The molecule has 0 spiro atoms. The first-order valence-corrected chi connectivity index (χ1v) is 8.12. The van der Waals surface area contributed by atoms with E-state index in [1.165, 1.54) is 13.0 Å². The standard InChI is InChI=1S/C17H19F3N4O/c1-9(21)14(24-25)13(10-5-7-17(19,20)8-6-10)16-22-12-4-2-3-11(18)15(12)23-16/h2-4,10,13,21,25H,5-8H2,1H3,(H,22,23)/b21-9?,24-14+. The van der Waals surface area contributed by atoms with Crippen molar-refractivity contribution in [2.24, 2.45) is 11.1 Å². The van der Waals surface area contributed by atoms with E-state index in [4.69, 9.17) is 5.41 Å². The molecule has 1 atom stereocenters. The molecule has 2 aromatic rings. The SMILES string of the molecule is CC(=N)/C(=N\O)C(c1nc2c(F)cccc2[nH]1)C1CCC(F)(F)CC1. The molecule has 1 fully saturated rings. The number of benzene rings is 1. The minimum atomic E-state index is -2.70. The first-order chi connectivity index (χ1) is 11.8. The van der Waals surface area contributed by atoms with E-state index >= 15 is 0 Å². The highest BCUT2D eigenvalue weighted by molar-refractivity contribution is 6.42. The monoisotopic (exact) mass is 352 g/mol. The smallest absolute Gasteiger partial charge is 0.248 e. The number of para-hydroxylation sites is 1. The van der Waals surface area contributed by atoms with Crippen LogP contribution in [0.3, 0.4) is 0 Å². The number of hydrogen-bond donors (Lipinski definition) is 3. The number of nitrogens with one attached hydrogen (secondary N) is 2. The van der Waals surface area contributed by atoms with Gasteiger partial charge in [-0.05, 0) is 37.8 Å². The number of fused-ring (bicyclic) bond motifs is 1. The van der Waals surface area contributed by atoms with Crippen molar-refractivity contribution in [2.75, 3.05) is 0 Å². The molecule has 0 amide bonds. The average Bonchev–Trinajstić information content (AvgIpc) is 2.98. The van der Waals surface area contributed by atoms with Gasteiger partial charge in [-0.15, -0.1) is 0 Å². The number of aromatic nitrogens is 2. The Labute approximate surface area is 142 Å². The molecule has 134 valence electrons. The van der Waals surface area contributed by atoms with Gasteiger partial charge in [-0.3, -0.25) is 0 Å². The lowest BCUT2D eigenvalue weighted by atomic mass is 9.75. The summed E-state index contributed by atoms with van der Waals surface area (Å²) in [7, 11) is 0. The predicted molar refractivity (Wildman–Crippen MR) is 88.3 cm³/mol. The Kier molecular flexibility index (Phi) is 4.53. The van der Waals surface area contributed by atoms with Gasteiger partial charge >= 0.3 is 0 Å². The van der Waals surface area contributed by atoms with E-state index in [0.717, 1.165) is 0 Å². The summed E-state index contributed by atoms with van der Waals surface area (Å²) in [6.07, 6.45) is -0.107. The molecule has 5 nitrogen and oxygen atoms in total. The molecule has 1 aromatic heterocycles. The predicted octanol–water partition coefficient (Wildman–Crippen LogP) is 4.48. The molecule has 1 saturated carbocycles. The Balaban J connectivity index is 2.04. The molecule has 0 aliphatic heterocycles. The van der Waals surface area contributed by atoms with E-state index in [1.54, 1.807) is 12.1 Å². The third-order valence-electron chi connectivity index (χ3n) is 4.80. The summed E-state index contributed by atoms with van der Waals surface area (Å²) in [5.41, 5.74) is 0.699. The number of imidazole rings is 1. The zero-order chi connectivity index (χ0) is 18.2. The second-order valence-electron chi connectivity index (χ2n) is 6.54. The first kappa shape index (κ1) is 17.4. The highest BCUT2D eigenvalue weighted by Gasteiger charge is 2.41. The number of oxime groups is 1. The highest BCUT2D eigenvalue weighted by atomic mass is 19.3. The van der Waals surface area contributed by atoms with Crippen molar-refractivity contribution in [1.82, 2.24) is 9.97 Å². The van der Waals surface area contributed by atoms with E-state index < -0.39 is 17.7 Å². The molecule has 1 aromatic carbocycles. The van der Waals surface area contributed by atoms with Crippen LogP contribution in [0.4, 0.5) is 13.2 Å². The molecule has 0 radical (unpaired) electrons. The third kappa shape index (κ3) is 3.38. The van der Waals surface area contributed by atoms with Gasteiger partial charge in [0.2, 0.25) is 5.92 Å².